The highest BCUT2D eigenvalue weighted by atomic mass is 35.5. The summed E-state index contributed by atoms with van der Waals surface area (Å²) in [4.78, 5) is 44.0. The molecule has 208 valence electrons. The molecule has 12 heteroatoms. The number of benzene rings is 2. The van der Waals surface area contributed by atoms with E-state index in [1.54, 1.807) is 35.4 Å². The number of carbonyl (C=O) groups is 2. The number of rotatable bonds is 7. The van der Waals surface area contributed by atoms with E-state index in [0.717, 1.165) is 16.9 Å². The van der Waals surface area contributed by atoms with Crippen LogP contribution in [-0.4, -0.2) is 69.5 Å². The second-order valence-electron chi connectivity index (χ2n) is 9.11. The molecule has 2 aromatic carbocycles. The third-order valence-corrected chi connectivity index (χ3v) is 7.78. The van der Waals surface area contributed by atoms with Gasteiger partial charge in [0.1, 0.15) is 18.4 Å². The number of aromatic nitrogens is 2. The third kappa shape index (κ3) is 5.89. The number of halogens is 2. The molecule has 0 bridgehead atoms. The maximum atomic E-state index is 14.3. The summed E-state index contributed by atoms with van der Waals surface area (Å²) in [5.41, 5.74) is 2.19. The number of nitrogens with one attached hydrogen (secondary N) is 1. The van der Waals surface area contributed by atoms with Crippen LogP contribution in [0.2, 0.25) is 10.0 Å². The van der Waals surface area contributed by atoms with Gasteiger partial charge in [-0.05, 0) is 48.1 Å². The van der Waals surface area contributed by atoms with Crippen molar-refractivity contribution >= 4 is 52.7 Å². The minimum absolute atomic E-state index is 0.0531. The molecule has 5 rings (SSSR count). The van der Waals surface area contributed by atoms with E-state index in [9.17, 15) is 9.59 Å². The van der Waals surface area contributed by atoms with Crippen LogP contribution in [0, 0.1) is 0 Å². The fraction of sp³-hybridized carbons (Fsp3) is 0.321. The molecule has 1 saturated heterocycles. The number of hydrogen-bond acceptors (Lipinski definition) is 7. The summed E-state index contributed by atoms with van der Waals surface area (Å²) in [6.07, 6.45) is 1.65. The van der Waals surface area contributed by atoms with Crippen molar-refractivity contribution in [3.05, 3.63) is 81.5 Å². The van der Waals surface area contributed by atoms with Crippen LogP contribution < -0.4 is 10.1 Å². The van der Waals surface area contributed by atoms with Crippen LogP contribution in [0.15, 0.2) is 64.9 Å². The van der Waals surface area contributed by atoms with Gasteiger partial charge < -0.3 is 15.0 Å². The lowest BCUT2D eigenvalue weighted by molar-refractivity contribution is -0.123. The molecular weight excluding hydrogens is 571 g/mol. The zero-order chi connectivity index (χ0) is 28.2. The lowest BCUT2D eigenvalue weighted by Crippen LogP contribution is -2.55. The first-order chi connectivity index (χ1) is 19.4. The zero-order valence-electron chi connectivity index (χ0n) is 22.0. The summed E-state index contributed by atoms with van der Waals surface area (Å²) < 4.78 is 5.94. The van der Waals surface area contributed by atoms with Crippen LogP contribution >= 0.6 is 35.0 Å². The van der Waals surface area contributed by atoms with E-state index in [0.29, 0.717) is 52.2 Å². The van der Waals surface area contributed by atoms with Gasteiger partial charge >= 0.3 is 6.03 Å². The Bertz CT molecular complexity index is 1420. The SMILES string of the molecule is CCOc1nc(SCC)ncc1C1=N[C@@H](c2ccc(Cl)cc2)[C@@H](c2ccc(Cl)cc2)N1C(=O)N1CCNC(=O)C1. The van der Waals surface area contributed by atoms with Crippen molar-refractivity contribution in [2.24, 2.45) is 4.99 Å². The van der Waals surface area contributed by atoms with E-state index in [-0.39, 0.29) is 18.5 Å². The quantitative estimate of drug-likeness (QED) is 0.289. The van der Waals surface area contributed by atoms with E-state index < -0.39 is 12.1 Å². The first-order valence-corrected chi connectivity index (χ1v) is 14.7. The standard InChI is InChI=1S/C28H28Cl2N6O3S/c1-3-39-26-21(15-32-27(34-26)40-4-2)25-33-23(17-5-9-19(29)10-6-17)24(18-7-11-20(30)12-8-18)36(25)28(38)35-14-13-31-22(37)16-35/h5-12,15,23-24H,3-4,13-14,16H2,1-2H3,(H,31,37)/t23-,24+/m0/s1. The minimum atomic E-state index is -0.551. The summed E-state index contributed by atoms with van der Waals surface area (Å²) in [6.45, 7) is 4.95. The molecule has 2 atom stereocenters. The summed E-state index contributed by atoms with van der Waals surface area (Å²) in [7, 11) is 0. The highest BCUT2D eigenvalue weighted by molar-refractivity contribution is 7.99. The molecule has 1 aromatic heterocycles. The second-order valence-corrected chi connectivity index (χ2v) is 11.2. The fourth-order valence-corrected chi connectivity index (χ4v) is 5.54. The molecule has 1 N–H and O–H groups in total. The van der Waals surface area contributed by atoms with Gasteiger partial charge in [-0.1, -0.05) is 66.2 Å². The summed E-state index contributed by atoms with van der Waals surface area (Å²) in [6, 6.07) is 13.4. The van der Waals surface area contributed by atoms with Gasteiger partial charge in [-0.2, -0.15) is 4.98 Å². The number of piperazine rings is 1. The van der Waals surface area contributed by atoms with Gasteiger partial charge in [0, 0.05) is 29.3 Å². The number of urea groups is 1. The van der Waals surface area contributed by atoms with Gasteiger partial charge in [0.25, 0.3) is 0 Å². The number of ether oxygens (including phenoxy) is 1. The molecule has 9 nitrogen and oxygen atoms in total. The lowest BCUT2D eigenvalue weighted by atomic mass is 9.94. The van der Waals surface area contributed by atoms with Crippen molar-refractivity contribution in [3.63, 3.8) is 0 Å². The van der Waals surface area contributed by atoms with Crippen LogP contribution in [0.3, 0.4) is 0 Å². The highest BCUT2D eigenvalue weighted by Gasteiger charge is 2.45. The van der Waals surface area contributed by atoms with Gasteiger partial charge in [-0.15, -0.1) is 0 Å². The maximum absolute atomic E-state index is 14.3. The van der Waals surface area contributed by atoms with Crippen molar-refractivity contribution in [3.8, 4) is 5.88 Å². The van der Waals surface area contributed by atoms with Gasteiger partial charge in [0.05, 0.1) is 18.2 Å². The van der Waals surface area contributed by atoms with Gasteiger partial charge in [-0.25, -0.2) is 9.78 Å². The van der Waals surface area contributed by atoms with Crippen LogP contribution in [0.25, 0.3) is 0 Å². The topological polar surface area (TPSA) is 100 Å². The Labute approximate surface area is 246 Å². The molecule has 3 heterocycles. The van der Waals surface area contributed by atoms with Crippen molar-refractivity contribution in [1.29, 1.82) is 0 Å². The number of carbonyl (C=O) groups excluding carboxylic acids is 2. The Morgan fingerprint density at radius 1 is 1.07 bits per heavy atom. The Kier molecular flexibility index (Phi) is 8.78. The number of aliphatic imine (C=N–C) groups is 1. The van der Waals surface area contributed by atoms with Gasteiger partial charge in [-0.3, -0.25) is 14.7 Å². The summed E-state index contributed by atoms with van der Waals surface area (Å²) in [5, 5.41) is 4.53. The monoisotopic (exact) mass is 598 g/mol. The average molecular weight is 600 g/mol. The van der Waals surface area contributed by atoms with E-state index in [1.165, 1.54) is 16.7 Å². The first kappa shape index (κ1) is 28.2. The Morgan fingerprint density at radius 2 is 1.75 bits per heavy atom. The molecule has 40 heavy (non-hydrogen) atoms. The smallest absolute Gasteiger partial charge is 0.326 e. The van der Waals surface area contributed by atoms with Crippen LogP contribution in [-0.2, 0) is 4.79 Å². The Balaban J connectivity index is 1.69. The van der Waals surface area contributed by atoms with E-state index in [2.05, 4.69) is 15.3 Å². The third-order valence-electron chi connectivity index (χ3n) is 6.53. The molecule has 2 aliphatic heterocycles. The molecule has 0 unspecified atom stereocenters. The average Bonchev–Trinajstić information content (AvgIpc) is 3.34. The van der Waals surface area contributed by atoms with Gasteiger partial charge in [0.2, 0.25) is 11.8 Å². The van der Waals surface area contributed by atoms with Crippen LogP contribution in [0.5, 0.6) is 5.88 Å². The van der Waals surface area contributed by atoms with Crippen molar-refractivity contribution in [1.82, 2.24) is 25.1 Å². The highest BCUT2D eigenvalue weighted by Crippen LogP contribution is 2.45. The van der Waals surface area contributed by atoms with Crippen molar-refractivity contribution < 1.29 is 14.3 Å². The van der Waals surface area contributed by atoms with E-state index >= 15 is 0 Å². The largest absolute Gasteiger partial charge is 0.477 e. The first-order valence-electron chi connectivity index (χ1n) is 13.0. The van der Waals surface area contributed by atoms with Crippen LogP contribution in [0.1, 0.15) is 42.6 Å². The van der Waals surface area contributed by atoms with Crippen LogP contribution in [0.4, 0.5) is 4.79 Å². The molecule has 0 radical (unpaired) electrons. The molecule has 0 saturated carbocycles. The predicted octanol–water partition coefficient (Wildman–Crippen LogP) is 5.39. The Morgan fingerprint density at radius 3 is 2.38 bits per heavy atom. The van der Waals surface area contributed by atoms with Crippen molar-refractivity contribution in [2.45, 2.75) is 31.1 Å². The molecular formula is C28H28Cl2N6O3S. The Hall–Kier alpha value is -3.34. The zero-order valence-corrected chi connectivity index (χ0v) is 24.3. The summed E-state index contributed by atoms with van der Waals surface area (Å²) in [5.74, 6) is 1.29. The molecule has 0 spiro atoms. The number of amides is 3. The summed E-state index contributed by atoms with van der Waals surface area (Å²) >= 11 is 13.9. The fourth-order valence-electron chi connectivity index (χ4n) is 4.76. The molecule has 2 aliphatic rings. The minimum Gasteiger partial charge on any atom is -0.477 e. The van der Waals surface area contributed by atoms with Gasteiger partial charge in [0.15, 0.2) is 5.16 Å². The number of amidine groups is 1. The number of nitrogens with zero attached hydrogens (tertiary/aromatic N) is 5. The molecule has 3 amide bonds. The lowest BCUT2D eigenvalue weighted by Gasteiger charge is -2.35. The normalized spacial score (nSPS) is 18.9. The molecule has 1 fully saturated rings. The van der Waals surface area contributed by atoms with E-state index in [1.807, 2.05) is 38.1 Å². The maximum Gasteiger partial charge on any atom is 0.326 e. The van der Waals surface area contributed by atoms with E-state index in [4.69, 9.17) is 32.9 Å². The number of thioether (sulfide) groups is 1. The number of hydrogen-bond donors (Lipinski definition) is 1. The predicted molar refractivity (Wildman–Crippen MR) is 156 cm³/mol. The molecule has 3 aromatic rings. The molecule has 0 aliphatic carbocycles. The second kappa shape index (κ2) is 12.4. The van der Waals surface area contributed by atoms with Crippen molar-refractivity contribution in [2.75, 3.05) is 32.0 Å².